The molecule has 0 radical (unpaired) electrons. The van der Waals surface area contributed by atoms with Crippen molar-refractivity contribution in [3.05, 3.63) is 54.1 Å². The highest BCUT2D eigenvalue weighted by Crippen LogP contribution is 2.16. The monoisotopic (exact) mass is 200 g/mol. The summed E-state index contributed by atoms with van der Waals surface area (Å²) in [4.78, 5) is 0. The molecule has 1 aliphatic carbocycles. The molecule has 0 saturated carbocycles. The Labute approximate surface area is 91.1 Å². The van der Waals surface area contributed by atoms with E-state index in [1.165, 1.54) is 5.57 Å². The van der Waals surface area contributed by atoms with Crippen molar-refractivity contribution >= 4 is 0 Å². The summed E-state index contributed by atoms with van der Waals surface area (Å²) < 4.78 is 5.62. The van der Waals surface area contributed by atoms with Crippen molar-refractivity contribution in [2.24, 2.45) is 0 Å². The molecule has 0 N–H and O–H groups in total. The van der Waals surface area contributed by atoms with Crippen molar-refractivity contribution in [1.29, 1.82) is 0 Å². The van der Waals surface area contributed by atoms with Gasteiger partial charge in [0.25, 0.3) is 0 Å². The minimum Gasteiger partial charge on any atom is -0.494 e. The van der Waals surface area contributed by atoms with Gasteiger partial charge in [0.05, 0.1) is 6.61 Å². The number of benzene rings is 1. The molecular weight excluding hydrogens is 184 g/mol. The maximum atomic E-state index is 5.62. The van der Waals surface area contributed by atoms with Crippen LogP contribution in [0.4, 0.5) is 0 Å². The van der Waals surface area contributed by atoms with E-state index in [0.29, 0.717) is 0 Å². The minimum absolute atomic E-state index is 0.807. The van der Waals surface area contributed by atoms with Crippen molar-refractivity contribution < 1.29 is 4.74 Å². The lowest BCUT2D eigenvalue weighted by Crippen LogP contribution is -1.97. The zero-order valence-electron chi connectivity index (χ0n) is 8.86. The molecule has 0 amide bonds. The third kappa shape index (κ3) is 3.28. The Bertz CT molecular complexity index is 349. The number of rotatable bonds is 5. The Hall–Kier alpha value is -1.50. The van der Waals surface area contributed by atoms with Gasteiger partial charge in [0.2, 0.25) is 0 Å². The lowest BCUT2D eigenvalue weighted by molar-refractivity contribution is 0.310. The first-order valence-electron chi connectivity index (χ1n) is 5.47. The number of ether oxygens (including phenoxy) is 1. The van der Waals surface area contributed by atoms with Gasteiger partial charge in [-0.15, -0.1) is 0 Å². The van der Waals surface area contributed by atoms with Crippen molar-refractivity contribution in [3.8, 4) is 5.75 Å². The van der Waals surface area contributed by atoms with Crippen LogP contribution in [0.2, 0.25) is 0 Å². The third-order valence-corrected chi connectivity index (χ3v) is 2.50. The Balaban J connectivity index is 1.63. The normalized spacial score (nSPS) is 14.0. The number of hydrogen-bond donors (Lipinski definition) is 0. The Morgan fingerprint density at radius 1 is 1.13 bits per heavy atom. The molecule has 0 atom stereocenters. The van der Waals surface area contributed by atoms with Gasteiger partial charge < -0.3 is 4.74 Å². The molecule has 1 aliphatic rings. The predicted octanol–water partition coefficient (Wildman–Crippen LogP) is 3.73. The Kier molecular flexibility index (Phi) is 3.61. The molecule has 0 fully saturated rings. The summed E-state index contributed by atoms with van der Waals surface area (Å²) in [5.74, 6) is 0.969. The van der Waals surface area contributed by atoms with Crippen molar-refractivity contribution in [3.63, 3.8) is 0 Å². The molecular formula is C14H16O. The highest BCUT2D eigenvalue weighted by Gasteiger charge is 1.99. The van der Waals surface area contributed by atoms with Crippen LogP contribution in [-0.4, -0.2) is 6.61 Å². The van der Waals surface area contributed by atoms with E-state index in [9.17, 15) is 0 Å². The van der Waals surface area contributed by atoms with E-state index in [2.05, 4.69) is 18.2 Å². The van der Waals surface area contributed by atoms with Crippen LogP contribution < -0.4 is 4.74 Å². The van der Waals surface area contributed by atoms with E-state index >= 15 is 0 Å². The van der Waals surface area contributed by atoms with Crippen LogP contribution in [0.3, 0.4) is 0 Å². The molecule has 78 valence electrons. The molecule has 1 nitrogen and oxygen atoms in total. The van der Waals surface area contributed by atoms with Gasteiger partial charge in [-0.05, 0) is 31.4 Å². The Morgan fingerprint density at radius 2 is 2.00 bits per heavy atom. The summed E-state index contributed by atoms with van der Waals surface area (Å²) in [6.07, 6.45) is 9.93. The van der Waals surface area contributed by atoms with Crippen LogP contribution in [0.5, 0.6) is 5.75 Å². The topological polar surface area (TPSA) is 9.23 Å². The van der Waals surface area contributed by atoms with E-state index in [4.69, 9.17) is 4.74 Å². The van der Waals surface area contributed by atoms with Gasteiger partial charge in [0.1, 0.15) is 5.75 Å². The van der Waals surface area contributed by atoms with E-state index < -0.39 is 0 Å². The van der Waals surface area contributed by atoms with Crippen molar-refractivity contribution in [1.82, 2.24) is 0 Å². The second-order valence-electron chi connectivity index (χ2n) is 3.72. The van der Waals surface area contributed by atoms with Crippen LogP contribution in [0, 0.1) is 0 Å². The number of allylic oxidation sites excluding steroid dienone is 4. The average molecular weight is 200 g/mol. The molecule has 0 aliphatic heterocycles. The van der Waals surface area contributed by atoms with Gasteiger partial charge in [-0.2, -0.15) is 0 Å². The standard InChI is InChI=1S/C14H16O/c1-2-10-14(11-3-1)15-12-6-9-13-7-4-5-8-13/h1-5,7,10-11H,6,8-9,12H2. The molecule has 1 aromatic carbocycles. The van der Waals surface area contributed by atoms with Gasteiger partial charge in [-0.3, -0.25) is 0 Å². The zero-order valence-corrected chi connectivity index (χ0v) is 8.86. The summed E-state index contributed by atoms with van der Waals surface area (Å²) in [6, 6.07) is 9.99. The fourth-order valence-electron chi connectivity index (χ4n) is 1.68. The summed E-state index contributed by atoms with van der Waals surface area (Å²) in [7, 11) is 0. The predicted molar refractivity (Wildman–Crippen MR) is 63.0 cm³/mol. The SMILES string of the molecule is C1=CCC(CCCOc2ccccc2)=C1. The van der Waals surface area contributed by atoms with Crippen LogP contribution in [0.15, 0.2) is 54.1 Å². The first-order chi connectivity index (χ1) is 7.45. The number of para-hydroxylation sites is 1. The van der Waals surface area contributed by atoms with Crippen LogP contribution >= 0.6 is 0 Å². The first kappa shape index (κ1) is 10.0. The van der Waals surface area contributed by atoms with Crippen LogP contribution in [-0.2, 0) is 0 Å². The quantitative estimate of drug-likeness (QED) is 0.658. The maximum absolute atomic E-state index is 5.62. The van der Waals surface area contributed by atoms with Gasteiger partial charge >= 0.3 is 0 Å². The molecule has 0 spiro atoms. The molecule has 0 heterocycles. The van der Waals surface area contributed by atoms with E-state index in [-0.39, 0.29) is 0 Å². The first-order valence-corrected chi connectivity index (χ1v) is 5.47. The molecule has 0 saturated heterocycles. The maximum Gasteiger partial charge on any atom is 0.119 e. The summed E-state index contributed by atoms with van der Waals surface area (Å²) in [6.45, 7) is 0.807. The molecule has 0 bridgehead atoms. The van der Waals surface area contributed by atoms with E-state index in [1.54, 1.807) is 0 Å². The molecule has 0 aromatic heterocycles. The van der Waals surface area contributed by atoms with Gasteiger partial charge in [-0.25, -0.2) is 0 Å². The molecule has 1 aromatic rings. The van der Waals surface area contributed by atoms with Gasteiger partial charge in [0.15, 0.2) is 0 Å². The lowest BCUT2D eigenvalue weighted by Gasteiger charge is -2.05. The highest BCUT2D eigenvalue weighted by molar-refractivity contribution is 5.23. The lowest BCUT2D eigenvalue weighted by atomic mass is 10.1. The van der Waals surface area contributed by atoms with Gasteiger partial charge in [0, 0.05) is 0 Å². The van der Waals surface area contributed by atoms with Crippen LogP contribution in [0.25, 0.3) is 0 Å². The summed E-state index contributed by atoms with van der Waals surface area (Å²) in [5.41, 5.74) is 1.52. The molecule has 2 rings (SSSR count). The molecule has 0 unspecified atom stereocenters. The second-order valence-corrected chi connectivity index (χ2v) is 3.72. The van der Waals surface area contributed by atoms with Crippen LogP contribution in [0.1, 0.15) is 19.3 Å². The van der Waals surface area contributed by atoms with Gasteiger partial charge in [-0.1, -0.05) is 42.0 Å². The average Bonchev–Trinajstić information content (AvgIpc) is 2.79. The number of hydrogen-bond acceptors (Lipinski definition) is 1. The fourth-order valence-corrected chi connectivity index (χ4v) is 1.68. The van der Waals surface area contributed by atoms with Crippen molar-refractivity contribution in [2.75, 3.05) is 6.61 Å². The summed E-state index contributed by atoms with van der Waals surface area (Å²) in [5, 5.41) is 0. The Morgan fingerprint density at radius 3 is 2.73 bits per heavy atom. The molecule has 15 heavy (non-hydrogen) atoms. The third-order valence-electron chi connectivity index (χ3n) is 2.50. The summed E-state index contributed by atoms with van der Waals surface area (Å²) >= 11 is 0. The smallest absolute Gasteiger partial charge is 0.119 e. The largest absolute Gasteiger partial charge is 0.494 e. The highest BCUT2D eigenvalue weighted by atomic mass is 16.5. The molecule has 1 heteroatoms. The van der Waals surface area contributed by atoms with E-state index in [0.717, 1.165) is 31.6 Å². The zero-order chi connectivity index (χ0) is 10.3. The minimum atomic E-state index is 0.807. The second kappa shape index (κ2) is 5.40. The van der Waals surface area contributed by atoms with E-state index in [1.807, 2.05) is 30.3 Å². The fraction of sp³-hybridized carbons (Fsp3) is 0.286. The van der Waals surface area contributed by atoms with Crippen molar-refractivity contribution in [2.45, 2.75) is 19.3 Å².